The molecule has 0 unspecified atom stereocenters. The monoisotopic (exact) mass is 359 g/mol. The van der Waals surface area contributed by atoms with Gasteiger partial charge < -0.3 is 15.4 Å². The molecule has 0 aromatic heterocycles. The Labute approximate surface area is 155 Å². The van der Waals surface area contributed by atoms with Crippen LogP contribution in [0.2, 0.25) is 0 Å². The van der Waals surface area contributed by atoms with Crippen LogP contribution < -0.4 is 10.6 Å². The van der Waals surface area contributed by atoms with Crippen LogP contribution in [0, 0.1) is 0 Å². The van der Waals surface area contributed by atoms with Crippen LogP contribution in [-0.4, -0.2) is 54.6 Å². The average Bonchev–Trinajstić information content (AvgIpc) is 3.07. The van der Waals surface area contributed by atoms with Crippen molar-refractivity contribution in [2.75, 3.05) is 25.0 Å². The van der Waals surface area contributed by atoms with E-state index < -0.39 is 0 Å². The van der Waals surface area contributed by atoms with Crippen LogP contribution in [0.25, 0.3) is 0 Å². The topological polar surface area (TPSA) is 70.7 Å². The molecule has 26 heavy (non-hydrogen) atoms. The minimum Gasteiger partial charge on any atom is -0.373 e. The Kier molecular flexibility index (Phi) is 6.27. The summed E-state index contributed by atoms with van der Waals surface area (Å²) in [6, 6.07) is 7.46. The number of carbonyl (C=O) groups excluding carboxylic acids is 2. The van der Waals surface area contributed by atoms with Crippen molar-refractivity contribution < 1.29 is 14.3 Å². The fraction of sp³-hybridized carbons (Fsp3) is 0.600. The maximum Gasteiger partial charge on any atom is 0.253 e. The molecule has 2 atom stereocenters. The summed E-state index contributed by atoms with van der Waals surface area (Å²) in [6.07, 6.45) is 4.65. The van der Waals surface area contributed by atoms with Gasteiger partial charge in [0.1, 0.15) is 0 Å². The van der Waals surface area contributed by atoms with Crippen molar-refractivity contribution in [1.82, 2.24) is 10.2 Å². The smallest absolute Gasteiger partial charge is 0.253 e. The first-order valence-electron chi connectivity index (χ1n) is 9.59. The predicted octanol–water partition coefficient (Wildman–Crippen LogP) is 2.41. The fourth-order valence-electron chi connectivity index (χ4n) is 3.93. The Morgan fingerprint density at radius 3 is 2.46 bits per heavy atom. The van der Waals surface area contributed by atoms with E-state index in [1.54, 1.807) is 12.1 Å². The molecule has 1 saturated carbocycles. The molecule has 0 spiro atoms. The average molecular weight is 359 g/mol. The third-order valence-electron chi connectivity index (χ3n) is 5.00. The number of ether oxygens (including phenoxy) is 1. The van der Waals surface area contributed by atoms with E-state index in [4.69, 9.17) is 4.74 Å². The number of amides is 2. The molecule has 1 aliphatic carbocycles. The van der Waals surface area contributed by atoms with Gasteiger partial charge in [0.25, 0.3) is 5.91 Å². The first-order valence-corrected chi connectivity index (χ1v) is 9.59. The van der Waals surface area contributed by atoms with E-state index >= 15 is 0 Å². The Balaban J connectivity index is 1.60. The lowest BCUT2D eigenvalue weighted by Gasteiger charge is -2.34. The van der Waals surface area contributed by atoms with Gasteiger partial charge in [0.2, 0.25) is 5.91 Å². The first kappa shape index (κ1) is 18.9. The molecule has 142 valence electrons. The zero-order valence-corrected chi connectivity index (χ0v) is 15.7. The summed E-state index contributed by atoms with van der Waals surface area (Å²) >= 11 is 0. The molecule has 6 heteroatoms. The molecule has 3 rings (SSSR count). The van der Waals surface area contributed by atoms with Crippen molar-refractivity contribution in [1.29, 1.82) is 0 Å². The molecule has 6 nitrogen and oxygen atoms in total. The number of carbonyl (C=O) groups is 2. The van der Waals surface area contributed by atoms with Gasteiger partial charge in [0.05, 0.1) is 30.0 Å². The number of anilines is 1. The predicted molar refractivity (Wildman–Crippen MR) is 101 cm³/mol. The van der Waals surface area contributed by atoms with Crippen molar-refractivity contribution in [3.8, 4) is 0 Å². The number of para-hydroxylation sites is 1. The van der Waals surface area contributed by atoms with Gasteiger partial charge in [-0.2, -0.15) is 0 Å². The van der Waals surface area contributed by atoms with Gasteiger partial charge in [-0.25, -0.2) is 0 Å². The standard InChI is InChI=1S/C20H29N3O3/c1-14-11-23(12-15(2)26-14)13-19(24)22-18-10-6-5-9-17(18)20(25)21-16-7-3-4-8-16/h5-6,9-10,14-16H,3-4,7-8,11-13H2,1-2H3,(H,21,25)(H,22,24)/t14-,15+. The number of hydrogen-bond donors (Lipinski definition) is 2. The van der Waals surface area contributed by atoms with E-state index in [2.05, 4.69) is 15.5 Å². The van der Waals surface area contributed by atoms with E-state index in [0.717, 1.165) is 25.9 Å². The summed E-state index contributed by atoms with van der Waals surface area (Å²) < 4.78 is 5.70. The largest absolute Gasteiger partial charge is 0.373 e. The number of morpholine rings is 1. The van der Waals surface area contributed by atoms with E-state index in [0.29, 0.717) is 17.8 Å². The summed E-state index contributed by atoms with van der Waals surface area (Å²) in [5.74, 6) is -0.214. The van der Waals surface area contributed by atoms with Crippen LogP contribution in [0.1, 0.15) is 49.9 Å². The molecule has 2 N–H and O–H groups in total. The van der Waals surface area contributed by atoms with Gasteiger partial charge in [-0.15, -0.1) is 0 Å². The Bertz CT molecular complexity index is 633. The second-order valence-electron chi connectivity index (χ2n) is 7.50. The maximum absolute atomic E-state index is 12.6. The second-order valence-corrected chi connectivity index (χ2v) is 7.50. The lowest BCUT2D eigenvalue weighted by atomic mass is 10.1. The number of nitrogens with one attached hydrogen (secondary N) is 2. The molecule has 1 aliphatic heterocycles. The molecular formula is C20H29N3O3. The van der Waals surface area contributed by atoms with Crippen molar-refractivity contribution in [2.24, 2.45) is 0 Å². The fourth-order valence-corrected chi connectivity index (χ4v) is 3.93. The lowest BCUT2D eigenvalue weighted by molar-refractivity contribution is -0.121. The molecule has 1 saturated heterocycles. The van der Waals surface area contributed by atoms with E-state index in [-0.39, 0.29) is 30.1 Å². The van der Waals surface area contributed by atoms with Gasteiger partial charge in [-0.05, 0) is 38.8 Å². The summed E-state index contributed by atoms with van der Waals surface area (Å²) in [4.78, 5) is 27.2. The van der Waals surface area contributed by atoms with Crippen LogP contribution in [-0.2, 0) is 9.53 Å². The highest BCUT2D eigenvalue weighted by atomic mass is 16.5. The number of hydrogen-bond acceptors (Lipinski definition) is 4. The van der Waals surface area contributed by atoms with Crippen molar-refractivity contribution in [3.63, 3.8) is 0 Å². The highest BCUT2D eigenvalue weighted by Gasteiger charge is 2.24. The Morgan fingerprint density at radius 1 is 1.12 bits per heavy atom. The zero-order valence-electron chi connectivity index (χ0n) is 15.7. The van der Waals surface area contributed by atoms with Crippen LogP contribution in [0.3, 0.4) is 0 Å². The summed E-state index contributed by atoms with van der Waals surface area (Å²) in [7, 11) is 0. The molecule has 2 aliphatic rings. The van der Waals surface area contributed by atoms with E-state index in [1.807, 2.05) is 26.0 Å². The van der Waals surface area contributed by atoms with Crippen LogP contribution in [0.5, 0.6) is 0 Å². The molecule has 0 radical (unpaired) electrons. The summed E-state index contributed by atoms with van der Waals surface area (Å²) in [6.45, 7) is 5.81. The van der Waals surface area contributed by atoms with Crippen LogP contribution in [0.15, 0.2) is 24.3 Å². The minimum absolute atomic E-state index is 0.104. The normalized spacial score (nSPS) is 24.4. The Morgan fingerprint density at radius 2 is 1.77 bits per heavy atom. The highest BCUT2D eigenvalue weighted by Crippen LogP contribution is 2.20. The molecule has 1 aromatic rings. The summed E-state index contributed by atoms with van der Waals surface area (Å²) in [5, 5.41) is 6.00. The number of rotatable bonds is 5. The highest BCUT2D eigenvalue weighted by molar-refractivity contribution is 6.04. The van der Waals surface area contributed by atoms with Gasteiger partial charge in [-0.1, -0.05) is 25.0 Å². The van der Waals surface area contributed by atoms with Gasteiger partial charge in [0.15, 0.2) is 0 Å². The molecule has 2 amide bonds. The molecule has 2 fully saturated rings. The van der Waals surface area contributed by atoms with E-state index in [9.17, 15) is 9.59 Å². The van der Waals surface area contributed by atoms with Crippen molar-refractivity contribution in [2.45, 2.75) is 57.8 Å². The van der Waals surface area contributed by atoms with Gasteiger partial charge >= 0.3 is 0 Å². The zero-order chi connectivity index (χ0) is 18.5. The molecule has 0 bridgehead atoms. The molecular weight excluding hydrogens is 330 g/mol. The third-order valence-corrected chi connectivity index (χ3v) is 5.00. The van der Waals surface area contributed by atoms with Gasteiger partial charge in [0, 0.05) is 19.1 Å². The lowest BCUT2D eigenvalue weighted by Crippen LogP contribution is -2.48. The van der Waals surface area contributed by atoms with Crippen molar-refractivity contribution >= 4 is 17.5 Å². The van der Waals surface area contributed by atoms with Crippen molar-refractivity contribution in [3.05, 3.63) is 29.8 Å². The minimum atomic E-state index is -0.110. The molecule has 1 heterocycles. The SMILES string of the molecule is C[C@@H]1CN(CC(=O)Nc2ccccc2C(=O)NC2CCCC2)C[C@H](C)O1. The third kappa shape index (κ3) is 5.05. The second kappa shape index (κ2) is 8.64. The van der Waals surface area contributed by atoms with Crippen LogP contribution in [0.4, 0.5) is 5.69 Å². The number of benzene rings is 1. The van der Waals surface area contributed by atoms with Crippen LogP contribution >= 0.6 is 0 Å². The summed E-state index contributed by atoms with van der Waals surface area (Å²) in [5.41, 5.74) is 1.10. The van der Waals surface area contributed by atoms with Gasteiger partial charge in [-0.3, -0.25) is 14.5 Å². The molecule has 1 aromatic carbocycles. The Hall–Kier alpha value is -1.92. The quantitative estimate of drug-likeness (QED) is 0.847. The first-order chi connectivity index (χ1) is 12.5. The number of nitrogens with zero attached hydrogens (tertiary/aromatic N) is 1. The maximum atomic E-state index is 12.6. The van der Waals surface area contributed by atoms with E-state index in [1.165, 1.54) is 12.8 Å².